The largest absolute Gasteiger partial charge is 0.459 e. The van der Waals surface area contributed by atoms with Gasteiger partial charge in [-0.05, 0) is 129 Å². The van der Waals surface area contributed by atoms with Crippen LogP contribution in [0.25, 0.3) is 10.8 Å². The van der Waals surface area contributed by atoms with E-state index in [1.165, 1.54) is 7.11 Å². The van der Waals surface area contributed by atoms with Gasteiger partial charge in [0.2, 0.25) is 5.79 Å². The number of methoxy groups -OCH3 is 1. The molecule has 1 fully saturated rings. The first-order chi connectivity index (χ1) is 30.0. The SMILES string of the molecule is C=CCOC12Oc3ccc(Oc4ccc(SC)cc4)cc3C3C(CCCCO)C(CCCCO)C=C(C(=NOC(C)(C)C)CC1N(Cc1cccc4ccccc14)C(=O)OC)C32. The molecule has 6 atom stereocenters. The lowest BCUT2D eigenvalue weighted by Gasteiger charge is -2.60. The zero-order valence-electron chi connectivity index (χ0n) is 36.8. The van der Waals surface area contributed by atoms with Gasteiger partial charge in [-0.15, -0.1) is 18.3 Å². The van der Waals surface area contributed by atoms with Crippen LogP contribution in [0.1, 0.15) is 82.8 Å². The lowest BCUT2D eigenvalue weighted by molar-refractivity contribution is -0.256. The minimum absolute atomic E-state index is 0.0626. The van der Waals surface area contributed by atoms with Crippen molar-refractivity contribution in [2.45, 2.75) is 101 Å². The molecule has 1 amide bonds. The highest BCUT2D eigenvalue weighted by molar-refractivity contribution is 7.98. The minimum atomic E-state index is -1.43. The molecule has 2 N–H and O–H groups in total. The number of oxime groups is 1. The van der Waals surface area contributed by atoms with E-state index < -0.39 is 29.4 Å². The fourth-order valence-corrected chi connectivity index (χ4v) is 10.1. The van der Waals surface area contributed by atoms with Gasteiger partial charge < -0.3 is 34.0 Å². The predicted molar refractivity (Wildman–Crippen MR) is 246 cm³/mol. The van der Waals surface area contributed by atoms with Crippen LogP contribution in [-0.4, -0.2) is 77.5 Å². The maximum absolute atomic E-state index is 14.5. The van der Waals surface area contributed by atoms with Crippen LogP contribution in [0, 0.1) is 17.8 Å². The summed E-state index contributed by atoms with van der Waals surface area (Å²) in [5, 5.41) is 27.0. The standard InChI is InChI=1S/C51H62N2O8S/c1-7-29-58-51-46(53(49(56)57-5)33-36-18-14-17-34-15-8-9-19-40(34)36)32-44(52-61-50(2,3)4)42-30-35(16-10-12-27-54)41(20-11-13-28-55)47(48(42)51)43-31-38(23-26-45(43)60-51)59-37-21-24-39(62-6)25-22-37/h7-9,14-15,17-19,21-26,30-31,35,41,46-48,54-55H,1,10-13,16,20,27-29,32-33H2,2-6H3. The van der Waals surface area contributed by atoms with Crippen LogP contribution < -0.4 is 9.47 Å². The van der Waals surface area contributed by atoms with Gasteiger partial charge >= 0.3 is 6.09 Å². The average molecular weight is 863 g/mol. The van der Waals surface area contributed by atoms with Gasteiger partial charge in [0, 0.05) is 36.0 Å². The molecule has 0 bridgehead atoms. The van der Waals surface area contributed by atoms with Crippen molar-refractivity contribution in [2.24, 2.45) is 22.9 Å². The van der Waals surface area contributed by atoms with Crippen molar-refractivity contribution >= 4 is 34.3 Å². The molecular formula is C51H62N2O8S. The molecule has 3 aliphatic rings. The Balaban J connectivity index is 1.47. The van der Waals surface area contributed by atoms with Crippen LogP contribution in [0.2, 0.25) is 0 Å². The molecule has 62 heavy (non-hydrogen) atoms. The van der Waals surface area contributed by atoms with Gasteiger partial charge in [0.1, 0.15) is 28.9 Å². The van der Waals surface area contributed by atoms with Gasteiger partial charge in [0.15, 0.2) is 0 Å². The van der Waals surface area contributed by atoms with E-state index in [9.17, 15) is 15.0 Å². The Hall–Kier alpha value is -4.81. The van der Waals surface area contributed by atoms with E-state index in [1.807, 2.05) is 87.7 Å². The Morgan fingerprint density at radius 3 is 2.40 bits per heavy atom. The summed E-state index contributed by atoms with van der Waals surface area (Å²) in [7, 11) is 1.41. The molecule has 6 unspecified atom stereocenters. The topological polar surface area (TPSA) is 119 Å². The van der Waals surface area contributed by atoms with Crippen LogP contribution in [0.4, 0.5) is 4.79 Å². The van der Waals surface area contributed by atoms with Crippen molar-refractivity contribution in [1.29, 1.82) is 0 Å². The third-order valence-corrected chi connectivity index (χ3v) is 13.1. The lowest BCUT2D eigenvalue weighted by atomic mass is 9.55. The monoisotopic (exact) mass is 862 g/mol. The maximum Gasteiger partial charge on any atom is 0.410 e. The van der Waals surface area contributed by atoms with Gasteiger partial charge in [0.05, 0.1) is 31.9 Å². The first kappa shape index (κ1) is 45.2. The number of hydrogen-bond acceptors (Lipinski definition) is 10. The maximum atomic E-state index is 14.5. The molecule has 1 saturated carbocycles. The molecule has 4 aromatic rings. The normalized spacial score (nSPS) is 23.4. The Morgan fingerprint density at radius 1 is 0.968 bits per heavy atom. The van der Waals surface area contributed by atoms with E-state index in [2.05, 4.69) is 36.9 Å². The number of nitrogens with zero attached hydrogens (tertiary/aromatic N) is 2. The number of rotatable bonds is 18. The third kappa shape index (κ3) is 9.71. The minimum Gasteiger partial charge on any atom is -0.459 e. The highest BCUT2D eigenvalue weighted by Gasteiger charge is 2.65. The summed E-state index contributed by atoms with van der Waals surface area (Å²) in [5.74, 6) is 0.0911. The Morgan fingerprint density at radius 2 is 1.69 bits per heavy atom. The van der Waals surface area contributed by atoms with Crippen molar-refractivity contribution in [3.63, 3.8) is 0 Å². The number of aliphatic hydroxyl groups excluding tert-OH is 2. The number of carbonyl (C=O) groups excluding carboxylic acids is 1. The summed E-state index contributed by atoms with van der Waals surface area (Å²) < 4.78 is 26.8. The van der Waals surface area contributed by atoms with Gasteiger partial charge in [0.25, 0.3) is 0 Å². The van der Waals surface area contributed by atoms with Crippen LogP contribution in [0.3, 0.4) is 0 Å². The summed E-state index contributed by atoms with van der Waals surface area (Å²) in [6.07, 6.45) is 10.5. The lowest BCUT2D eigenvalue weighted by Crippen LogP contribution is -2.70. The Bertz CT molecular complexity index is 2230. The number of unbranched alkanes of at least 4 members (excludes halogenated alkanes) is 2. The highest BCUT2D eigenvalue weighted by atomic mass is 32.2. The number of thioether (sulfide) groups is 1. The zero-order chi connectivity index (χ0) is 43.9. The quantitative estimate of drug-likeness (QED) is 0.0436. The fourth-order valence-electron chi connectivity index (χ4n) is 9.72. The first-order valence-corrected chi connectivity index (χ1v) is 23.2. The molecule has 330 valence electrons. The summed E-state index contributed by atoms with van der Waals surface area (Å²) in [4.78, 5) is 23.7. The van der Waals surface area contributed by atoms with E-state index in [0.29, 0.717) is 24.3 Å². The summed E-state index contributed by atoms with van der Waals surface area (Å²) >= 11 is 1.68. The van der Waals surface area contributed by atoms with Gasteiger partial charge in [-0.25, -0.2) is 4.79 Å². The molecule has 7 rings (SSSR count). The number of allylic oxidation sites excluding steroid dienone is 1. The molecule has 1 heterocycles. The average Bonchev–Trinajstić information content (AvgIpc) is 3.28. The number of hydrogen-bond donors (Lipinski definition) is 2. The van der Waals surface area contributed by atoms with Gasteiger partial charge in [-0.1, -0.05) is 72.6 Å². The molecule has 0 spiro atoms. The number of amides is 1. The van der Waals surface area contributed by atoms with Crippen LogP contribution >= 0.6 is 11.8 Å². The summed E-state index contributed by atoms with van der Waals surface area (Å²) in [6.45, 7) is 10.6. The summed E-state index contributed by atoms with van der Waals surface area (Å²) in [6, 6.07) is 27.6. The van der Waals surface area contributed by atoms with E-state index in [1.54, 1.807) is 22.7 Å². The number of ether oxygens (including phenoxy) is 4. The Kier molecular flexibility index (Phi) is 14.7. The molecule has 0 saturated heterocycles. The third-order valence-electron chi connectivity index (χ3n) is 12.4. The van der Waals surface area contributed by atoms with Crippen LogP contribution in [-0.2, 0) is 20.9 Å². The van der Waals surface area contributed by atoms with Gasteiger partial charge in [-0.3, -0.25) is 4.90 Å². The zero-order valence-corrected chi connectivity index (χ0v) is 37.6. The molecule has 1 aliphatic heterocycles. The predicted octanol–water partition coefficient (Wildman–Crippen LogP) is 11.1. The highest BCUT2D eigenvalue weighted by Crippen LogP contribution is 2.62. The van der Waals surface area contributed by atoms with Crippen molar-refractivity contribution in [2.75, 3.05) is 33.2 Å². The van der Waals surface area contributed by atoms with Crippen molar-refractivity contribution < 1.29 is 38.8 Å². The second kappa shape index (κ2) is 20.1. The van der Waals surface area contributed by atoms with Gasteiger partial charge in [-0.2, -0.15) is 0 Å². The van der Waals surface area contributed by atoms with E-state index >= 15 is 0 Å². The number of carbonyl (C=O) groups is 1. The molecule has 0 aromatic heterocycles. The Labute approximate surface area is 370 Å². The second-order valence-electron chi connectivity index (χ2n) is 17.5. The fraction of sp³-hybridized carbons (Fsp3) is 0.451. The number of benzene rings is 4. The van der Waals surface area contributed by atoms with E-state index in [-0.39, 0.29) is 50.5 Å². The first-order valence-electron chi connectivity index (χ1n) is 21.9. The molecular weight excluding hydrogens is 801 g/mol. The van der Waals surface area contributed by atoms with Crippen molar-refractivity contribution in [1.82, 2.24) is 4.90 Å². The molecule has 10 nitrogen and oxygen atoms in total. The number of fused-ring (bicyclic) bond motifs is 3. The van der Waals surface area contributed by atoms with E-state index in [4.69, 9.17) is 28.9 Å². The molecule has 11 heteroatoms. The smallest absolute Gasteiger partial charge is 0.410 e. The second-order valence-corrected chi connectivity index (χ2v) is 18.4. The molecule has 0 radical (unpaired) electrons. The molecule has 2 aliphatic carbocycles. The molecule has 4 aromatic carbocycles. The van der Waals surface area contributed by atoms with E-state index in [0.717, 1.165) is 69.5 Å². The van der Waals surface area contributed by atoms with Crippen molar-refractivity contribution in [3.8, 4) is 17.2 Å². The number of aliphatic hydroxyl groups is 2. The van der Waals surface area contributed by atoms with Crippen LogP contribution in [0.5, 0.6) is 17.2 Å². The van der Waals surface area contributed by atoms with Crippen molar-refractivity contribution in [3.05, 3.63) is 120 Å². The van der Waals surface area contributed by atoms with Crippen LogP contribution in [0.15, 0.2) is 119 Å². The summed E-state index contributed by atoms with van der Waals surface area (Å²) in [5.41, 5.74) is 3.02.